The number of hydrogen-bond donors (Lipinski definition) is 2. The lowest BCUT2D eigenvalue weighted by Gasteiger charge is -2.51. The molecule has 3 aliphatic carbocycles. The first kappa shape index (κ1) is 21.6. The van der Waals surface area contributed by atoms with Gasteiger partial charge in [-0.2, -0.15) is 0 Å². The Kier molecular flexibility index (Phi) is 5.04. The number of rotatable bonds is 4. The van der Waals surface area contributed by atoms with Gasteiger partial charge in [0.15, 0.2) is 0 Å². The van der Waals surface area contributed by atoms with Gasteiger partial charge in [-0.15, -0.1) is 0 Å². The van der Waals surface area contributed by atoms with Gasteiger partial charge in [0.25, 0.3) is 5.91 Å². The van der Waals surface area contributed by atoms with Crippen molar-refractivity contribution in [1.82, 2.24) is 10.3 Å². The summed E-state index contributed by atoms with van der Waals surface area (Å²) in [6.07, 6.45) is 4.05. The first-order chi connectivity index (χ1) is 15.7. The summed E-state index contributed by atoms with van der Waals surface area (Å²) < 4.78 is 0. The summed E-state index contributed by atoms with van der Waals surface area (Å²) >= 11 is 0. The van der Waals surface area contributed by atoms with Crippen molar-refractivity contribution in [3.8, 4) is 11.3 Å². The lowest BCUT2D eigenvalue weighted by Crippen LogP contribution is -2.58. The zero-order valence-corrected chi connectivity index (χ0v) is 19.5. The van der Waals surface area contributed by atoms with Crippen LogP contribution in [0.3, 0.4) is 0 Å². The van der Waals surface area contributed by atoms with Crippen LogP contribution in [0.2, 0.25) is 0 Å². The Labute approximate surface area is 194 Å². The highest BCUT2D eigenvalue weighted by Gasteiger charge is 2.53. The van der Waals surface area contributed by atoms with Crippen molar-refractivity contribution in [2.45, 2.75) is 64.8 Å². The van der Waals surface area contributed by atoms with Gasteiger partial charge in [0.05, 0.1) is 22.2 Å². The SMILES string of the molecule is Cc1cc2nc(-c3ccccc3)c(C)c(C(=O)NC34CCC(C(=O)O)(CC3)CC4)c2cc1C. The highest BCUT2D eigenvalue weighted by molar-refractivity contribution is 6.09. The van der Waals surface area contributed by atoms with Crippen LogP contribution in [0.4, 0.5) is 0 Å². The Morgan fingerprint density at radius 2 is 1.52 bits per heavy atom. The largest absolute Gasteiger partial charge is 0.481 e. The number of aromatic nitrogens is 1. The Hall–Kier alpha value is -3.21. The molecule has 5 nitrogen and oxygen atoms in total. The number of fused-ring (bicyclic) bond motifs is 4. The lowest BCUT2D eigenvalue weighted by molar-refractivity contribution is -0.156. The molecule has 2 bridgehead atoms. The van der Waals surface area contributed by atoms with Gasteiger partial charge in [-0.25, -0.2) is 4.98 Å². The maximum Gasteiger partial charge on any atom is 0.309 e. The summed E-state index contributed by atoms with van der Waals surface area (Å²) in [4.78, 5) is 30.6. The molecular formula is C28H30N2O3. The maximum absolute atomic E-state index is 13.9. The zero-order chi connectivity index (χ0) is 23.4. The Morgan fingerprint density at radius 1 is 0.909 bits per heavy atom. The minimum atomic E-state index is -0.684. The van der Waals surface area contributed by atoms with Crippen LogP contribution in [0.25, 0.3) is 22.2 Å². The second-order valence-corrected chi connectivity index (χ2v) is 10.1. The molecule has 6 rings (SSSR count). The normalized spacial score (nSPS) is 24.1. The van der Waals surface area contributed by atoms with Crippen LogP contribution in [-0.4, -0.2) is 27.5 Å². The topological polar surface area (TPSA) is 79.3 Å². The molecule has 2 aromatic carbocycles. The maximum atomic E-state index is 13.9. The fraction of sp³-hybridized carbons (Fsp3) is 0.393. The van der Waals surface area contributed by atoms with Crippen LogP contribution in [0.15, 0.2) is 42.5 Å². The van der Waals surface area contributed by atoms with E-state index in [4.69, 9.17) is 4.98 Å². The van der Waals surface area contributed by atoms with Crippen LogP contribution >= 0.6 is 0 Å². The number of pyridine rings is 1. The second kappa shape index (κ2) is 7.68. The molecule has 3 aromatic rings. The molecule has 0 saturated heterocycles. The fourth-order valence-corrected chi connectivity index (χ4v) is 5.79. The molecule has 0 aliphatic heterocycles. The van der Waals surface area contributed by atoms with E-state index in [0.717, 1.165) is 58.1 Å². The van der Waals surface area contributed by atoms with Crippen LogP contribution in [-0.2, 0) is 4.79 Å². The van der Waals surface area contributed by atoms with E-state index in [1.807, 2.05) is 37.3 Å². The van der Waals surface area contributed by atoms with Crippen molar-refractivity contribution in [2.24, 2.45) is 5.41 Å². The number of benzene rings is 2. The van der Waals surface area contributed by atoms with Crippen molar-refractivity contribution in [1.29, 1.82) is 0 Å². The Balaban J connectivity index is 1.58. The van der Waals surface area contributed by atoms with E-state index in [0.29, 0.717) is 24.8 Å². The molecular weight excluding hydrogens is 412 g/mol. The molecule has 33 heavy (non-hydrogen) atoms. The number of aliphatic carboxylic acids is 1. The smallest absolute Gasteiger partial charge is 0.309 e. The zero-order valence-electron chi connectivity index (χ0n) is 19.5. The van der Waals surface area contributed by atoms with Gasteiger partial charge in [-0.1, -0.05) is 30.3 Å². The molecule has 0 spiro atoms. The summed E-state index contributed by atoms with van der Waals surface area (Å²) in [5.41, 5.74) is 5.55. The third kappa shape index (κ3) is 3.50. The van der Waals surface area contributed by atoms with Crippen LogP contribution in [0.1, 0.15) is 65.6 Å². The second-order valence-electron chi connectivity index (χ2n) is 10.1. The standard InChI is InChI=1S/C28H30N2O3/c1-17-15-21-22(16-18(17)2)29-24(20-7-5-4-6-8-20)19(3)23(21)25(31)30-28-12-9-27(10-13-28,11-14-28)26(32)33/h4-8,15-16H,9-14H2,1-3H3,(H,30,31)(H,32,33). The van der Waals surface area contributed by atoms with E-state index in [9.17, 15) is 14.7 Å². The summed E-state index contributed by atoms with van der Waals surface area (Å²) in [6.45, 7) is 6.10. The van der Waals surface area contributed by atoms with Gasteiger partial charge in [-0.05, 0) is 88.1 Å². The number of amides is 1. The summed E-state index contributed by atoms with van der Waals surface area (Å²) in [7, 11) is 0. The number of carbonyl (C=O) groups is 2. The minimum Gasteiger partial charge on any atom is -0.481 e. The van der Waals surface area contributed by atoms with Crippen molar-refractivity contribution in [2.75, 3.05) is 0 Å². The van der Waals surface area contributed by atoms with Crippen molar-refractivity contribution in [3.05, 3.63) is 64.7 Å². The van der Waals surface area contributed by atoms with Crippen LogP contribution < -0.4 is 5.32 Å². The first-order valence-electron chi connectivity index (χ1n) is 11.8. The molecule has 3 fully saturated rings. The minimum absolute atomic E-state index is 0.0786. The van der Waals surface area contributed by atoms with Gasteiger partial charge < -0.3 is 10.4 Å². The summed E-state index contributed by atoms with van der Waals surface area (Å²) in [5.74, 6) is -0.762. The molecule has 0 unspecified atom stereocenters. The Bertz CT molecular complexity index is 1260. The molecule has 3 saturated carbocycles. The number of carboxylic acid groups (broad SMARTS) is 1. The van der Waals surface area contributed by atoms with E-state index >= 15 is 0 Å². The van der Waals surface area contributed by atoms with Gasteiger partial charge >= 0.3 is 5.97 Å². The van der Waals surface area contributed by atoms with E-state index in [1.54, 1.807) is 0 Å². The first-order valence-corrected chi connectivity index (χ1v) is 11.8. The van der Waals surface area contributed by atoms with Crippen molar-refractivity contribution < 1.29 is 14.7 Å². The van der Waals surface area contributed by atoms with Crippen LogP contribution in [0, 0.1) is 26.2 Å². The van der Waals surface area contributed by atoms with Crippen molar-refractivity contribution in [3.63, 3.8) is 0 Å². The predicted octanol–water partition coefficient (Wildman–Crippen LogP) is 5.73. The van der Waals surface area contributed by atoms with Gasteiger partial charge in [0, 0.05) is 16.5 Å². The predicted molar refractivity (Wildman–Crippen MR) is 129 cm³/mol. The van der Waals surface area contributed by atoms with E-state index in [-0.39, 0.29) is 11.4 Å². The highest BCUT2D eigenvalue weighted by Crippen LogP contribution is 2.52. The average molecular weight is 443 g/mol. The molecule has 1 aromatic heterocycles. The summed E-state index contributed by atoms with van der Waals surface area (Å²) in [6, 6.07) is 14.1. The number of carboxylic acids is 1. The number of carbonyl (C=O) groups excluding carboxylic acids is 1. The number of nitrogens with one attached hydrogen (secondary N) is 1. The molecule has 5 heteroatoms. The number of nitrogens with zero attached hydrogens (tertiary/aromatic N) is 1. The molecule has 2 N–H and O–H groups in total. The summed E-state index contributed by atoms with van der Waals surface area (Å²) in [5, 5.41) is 14.0. The van der Waals surface area contributed by atoms with Gasteiger partial charge in [-0.3, -0.25) is 9.59 Å². The van der Waals surface area contributed by atoms with Crippen molar-refractivity contribution >= 4 is 22.8 Å². The molecule has 0 atom stereocenters. The molecule has 1 amide bonds. The third-order valence-electron chi connectivity index (χ3n) is 8.20. The third-order valence-corrected chi connectivity index (χ3v) is 8.20. The Morgan fingerprint density at radius 3 is 2.12 bits per heavy atom. The number of hydrogen-bond acceptors (Lipinski definition) is 3. The number of aryl methyl sites for hydroxylation is 2. The van der Waals surface area contributed by atoms with Gasteiger partial charge in [0.2, 0.25) is 0 Å². The average Bonchev–Trinajstić information content (AvgIpc) is 2.81. The molecule has 3 aliphatic rings. The molecule has 170 valence electrons. The van der Waals surface area contributed by atoms with Crippen LogP contribution in [0.5, 0.6) is 0 Å². The van der Waals surface area contributed by atoms with E-state index in [1.165, 1.54) is 0 Å². The lowest BCUT2D eigenvalue weighted by atomic mass is 9.57. The monoisotopic (exact) mass is 442 g/mol. The van der Waals surface area contributed by atoms with E-state index in [2.05, 4.69) is 31.3 Å². The highest BCUT2D eigenvalue weighted by atomic mass is 16.4. The van der Waals surface area contributed by atoms with E-state index < -0.39 is 11.4 Å². The molecule has 1 heterocycles. The quantitative estimate of drug-likeness (QED) is 0.540. The van der Waals surface area contributed by atoms with Gasteiger partial charge in [0.1, 0.15) is 0 Å². The fourth-order valence-electron chi connectivity index (χ4n) is 5.79. The molecule has 0 radical (unpaired) electrons.